The summed E-state index contributed by atoms with van der Waals surface area (Å²) in [6.45, 7) is 3.82. The second-order valence-corrected chi connectivity index (χ2v) is 10.3. The van der Waals surface area contributed by atoms with Gasteiger partial charge in [0.15, 0.2) is 23.3 Å². The van der Waals surface area contributed by atoms with Crippen molar-refractivity contribution in [2.75, 3.05) is 0 Å². The third-order valence-corrected chi connectivity index (χ3v) is 8.35. The van der Waals surface area contributed by atoms with Crippen molar-refractivity contribution in [3.8, 4) is 22.3 Å². The zero-order valence-corrected chi connectivity index (χ0v) is 20.9. The van der Waals surface area contributed by atoms with E-state index in [2.05, 4.69) is 0 Å². The molecule has 3 aromatic carbocycles. The SMILES string of the molecule is CCCC1CCCCC1(Cl)C(CC)c1c(F)c(F)c(-c2ccc(-c3ccccc3)cc2)c(F)c1F. The van der Waals surface area contributed by atoms with Crippen molar-refractivity contribution in [1.29, 1.82) is 0 Å². The summed E-state index contributed by atoms with van der Waals surface area (Å²) < 4.78 is 62.0. The molecule has 1 aliphatic rings. The average Bonchev–Trinajstić information content (AvgIpc) is 2.88. The Labute approximate surface area is 210 Å². The molecule has 3 aromatic rings. The Bertz CT molecular complexity index is 1130. The molecular weight excluding hydrogens is 472 g/mol. The van der Waals surface area contributed by atoms with Gasteiger partial charge in [-0.2, -0.15) is 0 Å². The van der Waals surface area contributed by atoms with E-state index < -0.39 is 45.2 Å². The lowest BCUT2D eigenvalue weighted by molar-refractivity contribution is 0.206. The van der Waals surface area contributed by atoms with Gasteiger partial charge in [0, 0.05) is 11.5 Å². The van der Waals surface area contributed by atoms with Crippen molar-refractivity contribution in [2.24, 2.45) is 5.92 Å². The van der Waals surface area contributed by atoms with Crippen molar-refractivity contribution in [3.63, 3.8) is 0 Å². The Balaban J connectivity index is 1.78. The molecule has 1 fully saturated rings. The van der Waals surface area contributed by atoms with Gasteiger partial charge in [0.1, 0.15) is 0 Å². The highest BCUT2D eigenvalue weighted by atomic mass is 35.5. The summed E-state index contributed by atoms with van der Waals surface area (Å²) in [6, 6.07) is 15.8. The van der Waals surface area contributed by atoms with E-state index in [-0.39, 0.29) is 11.5 Å². The van der Waals surface area contributed by atoms with Gasteiger partial charge in [-0.3, -0.25) is 0 Å². The van der Waals surface area contributed by atoms with Gasteiger partial charge in [-0.05, 0) is 48.3 Å². The summed E-state index contributed by atoms with van der Waals surface area (Å²) in [5.74, 6) is -6.18. The summed E-state index contributed by atoms with van der Waals surface area (Å²) in [6.07, 6.45) is 5.26. The van der Waals surface area contributed by atoms with Crippen molar-refractivity contribution < 1.29 is 17.6 Å². The van der Waals surface area contributed by atoms with Gasteiger partial charge in [-0.25, -0.2) is 17.6 Å². The van der Waals surface area contributed by atoms with E-state index in [1.165, 1.54) is 12.1 Å². The van der Waals surface area contributed by atoms with Crippen molar-refractivity contribution >= 4 is 11.6 Å². The van der Waals surface area contributed by atoms with Crippen LogP contribution in [0.5, 0.6) is 0 Å². The molecule has 0 heterocycles. The molecule has 3 unspecified atom stereocenters. The molecule has 4 rings (SSSR count). The summed E-state index contributed by atoms with van der Waals surface area (Å²) in [7, 11) is 0. The minimum atomic E-state index is -1.37. The third-order valence-electron chi connectivity index (χ3n) is 7.59. The number of rotatable bonds is 7. The van der Waals surface area contributed by atoms with Gasteiger partial charge in [0.25, 0.3) is 0 Å². The second kappa shape index (κ2) is 10.7. The van der Waals surface area contributed by atoms with Gasteiger partial charge >= 0.3 is 0 Å². The molecule has 0 radical (unpaired) electrons. The molecular formula is C30H31ClF4. The summed E-state index contributed by atoms with van der Waals surface area (Å²) >= 11 is 7.12. The largest absolute Gasteiger partial charge is 0.203 e. The van der Waals surface area contributed by atoms with Gasteiger partial charge < -0.3 is 0 Å². The minimum absolute atomic E-state index is 0.0444. The Morgan fingerprint density at radius 2 is 1.37 bits per heavy atom. The minimum Gasteiger partial charge on any atom is -0.203 e. The number of hydrogen-bond donors (Lipinski definition) is 0. The van der Waals surface area contributed by atoms with Gasteiger partial charge in [-0.1, -0.05) is 87.7 Å². The first-order valence-electron chi connectivity index (χ1n) is 12.5. The highest BCUT2D eigenvalue weighted by molar-refractivity contribution is 6.24. The first kappa shape index (κ1) is 25.8. The number of hydrogen-bond acceptors (Lipinski definition) is 0. The molecule has 0 nitrogen and oxygen atoms in total. The molecule has 0 spiro atoms. The summed E-state index contributed by atoms with van der Waals surface area (Å²) in [5.41, 5.74) is 0.613. The highest BCUT2D eigenvalue weighted by Crippen LogP contribution is 2.53. The molecule has 1 aliphatic carbocycles. The molecule has 5 heteroatoms. The van der Waals surface area contributed by atoms with Crippen LogP contribution in [0.4, 0.5) is 17.6 Å². The molecule has 3 atom stereocenters. The number of halogens is 5. The van der Waals surface area contributed by atoms with E-state index in [4.69, 9.17) is 11.6 Å². The maximum atomic E-state index is 15.6. The molecule has 0 bridgehead atoms. The van der Waals surface area contributed by atoms with E-state index in [0.29, 0.717) is 12.8 Å². The van der Waals surface area contributed by atoms with Gasteiger partial charge in [0.05, 0.1) is 10.4 Å². The molecule has 35 heavy (non-hydrogen) atoms. The van der Waals surface area contributed by atoms with E-state index in [9.17, 15) is 0 Å². The second-order valence-electron chi connectivity index (χ2n) is 9.61. The Hall–Kier alpha value is -2.33. The first-order chi connectivity index (χ1) is 16.8. The van der Waals surface area contributed by atoms with E-state index in [1.54, 1.807) is 19.1 Å². The van der Waals surface area contributed by atoms with Crippen molar-refractivity contribution in [2.45, 2.75) is 69.6 Å². The van der Waals surface area contributed by atoms with Crippen LogP contribution >= 0.6 is 11.6 Å². The normalized spacial score (nSPS) is 21.2. The van der Waals surface area contributed by atoms with Crippen molar-refractivity contribution in [1.82, 2.24) is 0 Å². The van der Waals surface area contributed by atoms with Crippen LogP contribution in [0, 0.1) is 29.2 Å². The third kappa shape index (κ3) is 4.74. The quantitative estimate of drug-likeness (QED) is 0.171. The average molecular weight is 503 g/mol. The lowest BCUT2D eigenvalue weighted by Crippen LogP contribution is -2.42. The lowest BCUT2D eigenvalue weighted by atomic mass is 9.67. The van der Waals surface area contributed by atoms with Crippen LogP contribution in [0.2, 0.25) is 0 Å². The maximum absolute atomic E-state index is 15.6. The number of alkyl halides is 1. The monoisotopic (exact) mass is 502 g/mol. The molecule has 0 aromatic heterocycles. The predicted octanol–water partition coefficient (Wildman–Crippen LogP) is 10.0. The summed E-state index contributed by atoms with van der Waals surface area (Å²) in [4.78, 5) is -0.928. The zero-order chi connectivity index (χ0) is 25.2. The smallest absolute Gasteiger partial charge is 0.170 e. The Kier molecular flexibility index (Phi) is 7.90. The molecule has 0 aliphatic heterocycles. The summed E-state index contributed by atoms with van der Waals surface area (Å²) in [5, 5.41) is 0. The predicted molar refractivity (Wildman–Crippen MR) is 136 cm³/mol. The lowest BCUT2D eigenvalue weighted by Gasteiger charge is -2.45. The maximum Gasteiger partial charge on any atom is 0.170 e. The molecule has 1 saturated carbocycles. The van der Waals surface area contributed by atoms with Crippen molar-refractivity contribution in [3.05, 3.63) is 83.4 Å². The number of benzene rings is 3. The molecule has 0 saturated heterocycles. The van der Waals surface area contributed by atoms with E-state index in [0.717, 1.165) is 43.2 Å². The fourth-order valence-electron chi connectivity index (χ4n) is 5.87. The Morgan fingerprint density at radius 1 is 0.800 bits per heavy atom. The molecule has 0 N–H and O–H groups in total. The molecule has 186 valence electrons. The van der Waals surface area contributed by atoms with E-state index in [1.807, 2.05) is 37.3 Å². The highest BCUT2D eigenvalue weighted by Gasteiger charge is 2.47. The van der Waals surface area contributed by atoms with Gasteiger partial charge in [0.2, 0.25) is 0 Å². The van der Waals surface area contributed by atoms with Crippen LogP contribution in [-0.4, -0.2) is 4.87 Å². The van der Waals surface area contributed by atoms with Gasteiger partial charge in [-0.15, -0.1) is 11.6 Å². The zero-order valence-electron chi connectivity index (χ0n) is 20.2. The first-order valence-corrected chi connectivity index (χ1v) is 12.9. The fraction of sp³-hybridized carbons (Fsp3) is 0.400. The van der Waals surface area contributed by atoms with Crippen LogP contribution in [0.15, 0.2) is 54.6 Å². The topological polar surface area (TPSA) is 0 Å². The van der Waals surface area contributed by atoms with Crippen LogP contribution in [0.25, 0.3) is 22.3 Å². The standard InChI is InChI=1S/C30H31ClF4/c1-3-10-22-13-8-9-18-30(22,31)23(4-2)25-28(34)26(32)24(27(33)29(25)35)21-16-14-20(15-17-21)19-11-6-5-7-12-19/h5-7,11-12,14-17,22-23H,3-4,8-10,13,18H2,1-2H3. The van der Waals surface area contributed by atoms with Crippen LogP contribution in [0.3, 0.4) is 0 Å². The fourth-order valence-corrected chi connectivity index (χ4v) is 6.49. The van der Waals surface area contributed by atoms with Crippen LogP contribution in [0.1, 0.15) is 70.3 Å². The van der Waals surface area contributed by atoms with E-state index >= 15 is 17.6 Å². The molecule has 0 amide bonds. The Morgan fingerprint density at radius 3 is 1.94 bits per heavy atom. The van der Waals surface area contributed by atoms with Crippen LogP contribution in [-0.2, 0) is 0 Å². The van der Waals surface area contributed by atoms with Crippen LogP contribution < -0.4 is 0 Å².